The Morgan fingerprint density at radius 3 is 3.05 bits per heavy atom. The first-order chi connectivity index (χ1) is 10.1. The first kappa shape index (κ1) is 14.2. The van der Waals surface area contributed by atoms with Gasteiger partial charge in [-0.15, -0.1) is 0 Å². The maximum Gasteiger partial charge on any atom is 0.241 e. The van der Waals surface area contributed by atoms with Gasteiger partial charge in [-0.25, -0.2) is 4.98 Å². The van der Waals surface area contributed by atoms with E-state index in [1.165, 1.54) is 0 Å². The van der Waals surface area contributed by atoms with Gasteiger partial charge in [0.2, 0.25) is 17.2 Å². The zero-order chi connectivity index (χ0) is 14.9. The molecule has 0 aromatic carbocycles. The predicted molar refractivity (Wildman–Crippen MR) is 75.4 cm³/mol. The molecule has 0 aliphatic carbocycles. The van der Waals surface area contributed by atoms with Crippen molar-refractivity contribution >= 4 is 17.5 Å². The molecule has 112 valence electrons. The highest BCUT2D eigenvalue weighted by molar-refractivity contribution is 6.28. The van der Waals surface area contributed by atoms with Crippen LogP contribution in [0.3, 0.4) is 0 Å². The van der Waals surface area contributed by atoms with E-state index < -0.39 is 5.60 Å². The van der Waals surface area contributed by atoms with Gasteiger partial charge in [-0.2, -0.15) is 15.0 Å². The lowest BCUT2D eigenvalue weighted by Crippen LogP contribution is -2.43. The molecule has 1 saturated heterocycles. The zero-order valence-corrected chi connectivity index (χ0v) is 12.2. The Morgan fingerprint density at radius 1 is 1.52 bits per heavy atom. The molecule has 3 heterocycles. The highest BCUT2D eigenvalue weighted by atomic mass is 35.5. The van der Waals surface area contributed by atoms with Crippen LogP contribution in [0.25, 0.3) is 5.95 Å². The number of anilines is 1. The van der Waals surface area contributed by atoms with Gasteiger partial charge < -0.3 is 15.2 Å². The first-order valence-corrected chi connectivity index (χ1v) is 6.92. The lowest BCUT2D eigenvalue weighted by molar-refractivity contribution is -0.0176. The molecule has 0 radical (unpaired) electrons. The fraction of sp³-hybridized carbons (Fsp3) is 0.500. The van der Waals surface area contributed by atoms with E-state index in [9.17, 15) is 5.11 Å². The fourth-order valence-electron chi connectivity index (χ4n) is 2.15. The minimum absolute atomic E-state index is 0.0684. The Morgan fingerprint density at radius 2 is 2.38 bits per heavy atom. The second-order valence-corrected chi connectivity index (χ2v) is 5.26. The number of ether oxygens (including phenoxy) is 1. The molecule has 9 heteroatoms. The number of halogens is 1. The molecule has 2 unspecified atom stereocenters. The molecule has 2 aromatic rings. The largest absolute Gasteiger partial charge is 0.385 e. The highest BCUT2D eigenvalue weighted by Crippen LogP contribution is 2.25. The van der Waals surface area contributed by atoms with Crippen LogP contribution in [-0.2, 0) is 4.74 Å². The summed E-state index contributed by atoms with van der Waals surface area (Å²) in [5, 5.41) is 13.5. The number of hydrogen-bond acceptors (Lipinski definition) is 7. The molecule has 0 spiro atoms. The Bertz CT molecular complexity index is 622. The van der Waals surface area contributed by atoms with E-state index in [1.807, 2.05) is 6.92 Å². The van der Waals surface area contributed by atoms with E-state index >= 15 is 0 Å². The van der Waals surface area contributed by atoms with Gasteiger partial charge in [0.15, 0.2) is 0 Å². The molecule has 1 fully saturated rings. The average Bonchev–Trinajstić information content (AvgIpc) is 3.08. The van der Waals surface area contributed by atoms with Crippen LogP contribution >= 0.6 is 11.6 Å². The minimum Gasteiger partial charge on any atom is -0.385 e. The van der Waals surface area contributed by atoms with Crippen molar-refractivity contribution < 1.29 is 9.84 Å². The normalized spacial score (nSPS) is 25.2. The van der Waals surface area contributed by atoms with Crippen molar-refractivity contribution in [3.8, 4) is 5.95 Å². The number of nitrogens with zero attached hydrogens (tertiary/aromatic N) is 5. The van der Waals surface area contributed by atoms with Crippen molar-refractivity contribution in [3.05, 3.63) is 24.0 Å². The summed E-state index contributed by atoms with van der Waals surface area (Å²) >= 11 is 5.90. The molecule has 0 amide bonds. The third-order valence-electron chi connectivity index (χ3n) is 3.54. The Balaban J connectivity index is 1.77. The molecule has 21 heavy (non-hydrogen) atoms. The van der Waals surface area contributed by atoms with Crippen LogP contribution in [-0.4, -0.2) is 54.5 Å². The average molecular weight is 311 g/mol. The summed E-state index contributed by atoms with van der Waals surface area (Å²) in [4.78, 5) is 16.2. The summed E-state index contributed by atoms with van der Waals surface area (Å²) < 4.78 is 7.00. The number of rotatable bonds is 4. The topological polar surface area (TPSA) is 98.0 Å². The summed E-state index contributed by atoms with van der Waals surface area (Å²) in [5.41, 5.74) is -0.936. The lowest BCUT2D eigenvalue weighted by atomic mass is 9.97. The van der Waals surface area contributed by atoms with Crippen molar-refractivity contribution in [1.29, 1.82) is 0 Å². The highest BCUT2D eigenvalue weighted by Gasteiger charge is 2.39. The summed E-state index contributed by atoms with van der Waals surface area (Å²) in [6.07, 6.45) is 5.21. The second kappa shape index (κ2) is 5.55. The van der Waals surface area contributed by atoms with Crippen LogP contribution in [0.15, 0.2) is 18.7 Å². The van der Waals surface area contributed by atoms with Gasteiger partial charge in [0.1, 0.15) is 11.9 Å². The number of nitrogens with one attached hydrogen (secondary N) is 1. The zero-order valence-electron chi connectivity index (χ0n) is 11.4. The van der Waals surface area contributed by atoms with Gasteiger partial charge in [-0.05, 0) is 18.5 Å². The number of aromatic nitrogens is 5. The summed E-state index contributed by atoms with van der Waals surface area (Å²) in [5.74, 6) is 0.656. The molecule has 2 atom stereocenters. The number of aliphatic hydroxyl groups is 1. The van der Waals surface area contributed by atoms with Crippen LogP contribution in [0, 0.1) is 0 Å². The van der Waals surface area contributed by atoms with E-state index in [4.69, 9.17) is 16.3 Å². The van der Waals surface area contributed by atoms with Crippen LogP contribution in [0.5, 0.6) is 0 Å². The van der Waals surface area contributed by atoms with Crippen molar-refractivity contribution in [1.82, 2.24) is 24.5 Å². The van der Waals surface area contributed by atoms with Gasteiger partial charge >= 0.3 is 0 Å². The standard InChI is InChI=1S/C12H15ClN6O2/c1-8-12(20,2-5-21-8)6-15-10-16-9(13)17-11(18-10)19-4-3-14-7-19/h3-4,7-8,20H,2,5-6H2,1H3,(H,15,16,17,18). The molecule has 2 aromatic heterocycles. The molecule has 0 saturated carbocycles. The second-order valence-electron chi connectivity index (χ2n) is 4.92. The first-order valence-electron chi connectivity index (χ1n) is 6.55. The van der Waals surface area contributed by atoms with E-state index in [1.54, 1.807) is 23.3 Å². The smallest absolute Gasteiger partial charge is 0.241 e. The number of hydrogen-bond donors (Lipinski definition) is 2. The molecule has 0 bridgehead atoms. The predicted octanol–water partition coefficient (Wildman–Crippen LogP) is 0.662. The van der Waals surface area contributed by atoms with E-state index in [0.29, 0.717) is 24.9 Å². The summed E-state index contributed by atoms with van der Waals surface area (Å²) in [7, 11) is 0. The van der Waals surface area contributed by atoms with Crippen molar-refractivity contribution in [2.75, 3.05) is 18.5 Å². The monoisotopic (exact) mass is 310 g/mol. The molecule has 2 N–H and O–H groups in total. The number of imidazole rings is 1. The lowest BCUT2D eigenvalue weighted by Gasteiger charge is -2.26. The van der Waals surface area contributed by atoms with Crippen LogP contribution in [0.1, 0.15) is 13.3 Å². The van der Waals surface area contributed by atoms with E-state index in [-0.39, 0.29) is 17.9 Å². The molecule has 1 aliphatic heterocycles. The van der Waals surface area contributed by atoms with Gasteiger partial charge in [0.05, 0.1) is 6.10 Å². The summed E-state index contributed by atoms with van der Waals surface area (Å²) in [6, 6.07) is 0. The molecule has 3 rings (SSSR count). The van der Waals surface area contributed by atoms with Gasteiger partial charge in [-0.1, -0.05) is 0 Å². The Labute approximate surface area is 126 Å². The van der Waals surface area contributed by atoms with E-state index in [2.05, 4.69) is 25.3 Å². The Hall–Kier alpha value is -1.77. The molecule has 1 aliphatic rings. The SMILES string of the molecule is CC1OCCC1(O)CNc1nc(Cl)nc(-n2ccnc2)n1. The Kier molecular flexibility index (Phi) is 3.75. The van der Waals surface area contributed by atoms with Gasteiger partial charge in [0.25, 0.3) is 0 Å². The van der Waals surface area contributed by atoms with Crippen LogP contribution in [0.2, 0.25) is 5.28 Å². The maximum atomic E-state index is 10.4. The van der Waals surface area contributed by atoms with Gasteiger partial charge in [-0.3, -0.25) is 4.57 Å². The van der Waals surface area contributed by atoms with Crippen molar-refractivity contribution in [2.24, 2.45) is 0 Å². The third kappa shape index (κ3) is 2.97. The van der Waals surface area contributed by atoms with Gasteiger partial charge in [0, 0.05) is 32.0 Å². The summed E-state index contributed by atoms with van der Waals surface area (Å²) in [6.45, 7) is 2.65. The molecule has 8 nitrogen and oxygen atoms in total. The van der Waals surface area contributed by atoms with Crippen molar-refractivity contribution in [3.63, 3.8) is 0 Å². The minimum atomic E-state index is -0.936. The fourth-order valence-corrected chi connectivity index (χ4v) is 2.30. The molecular weight excluding hydrogens is 296 g/mol. The van der Waals surface area contributed by atoms with E-state index in [0.717, 1.165) is 0 Å². The van der Waals surface area contributed by atoms with Crippen LogP contribution in [0.4, 0.5) is 5.95 Å². The third-order valence-corrected chi connectivity index (χ3v) is 3.71. The maximum absolute atomic E-state index is 10.4. The quantitative estimate of drug-likeness (QED) is 0.856. The van der Waals surface area contributed by atoms with Crippen LogP contribution < -0.4 is 5.32 Å². The van der Waals surface area contributed by atoms with Crippen molar-refractivity contribution in [2.45, 2.75) is 25.0 Å². The molecular formula is C12H15ClN6O2.